The zero-order valence-corrected chi connectivity index (χ0v) is 8.62. The predicted octanol–water partition coefficient (Wildman–Crippen LogP) is 2.92. The van der Waals surface area contributed by atoms with E-state index in [4.69, 9.17) is 5.11 Å². The first-order valence-electron chi connectivity index (χ1n) is 5.31. The molecule has 0 radical (unpaired) electrons. The van der Waals surface area contributed by atoms with Crippen molar-refractivity contribution in [3.05, 3.63) is 0 Å². The fraction of sp³-hybridized carbons (Fsp3) is 0.909. The van der Waals surface area contributed by atoms with E-state index in [1.54, 1.807) is 0 Å². The number of aliphatic carboxylic acids is 1. The summed E-state index contributed by atoms with van der Waals surface area (Å²) in [7, 11) is 0. The quantitative estimate of drug-likeness (QED) is 0.729. The molecule has 0 bridgehead atoms. The summed E-state index contributed by atoms with van der Waals surface area (Å²) in [5.41, 5.74) is 0. The Hall–Kier alpha value is -0.530. The standard InChI is InChI=1S/C11H20O2/c1-8(2)10-5-3-9(7-10)4-6-11(12)13/h8-10H,3-7H2,1-2H3,(H,12,13). The summed E-state index contributed by atoms with van der Waals surface area (Å²) < 4.78 is 0. The normalized spacial score (nSPS) is 28.2. The zero-order chi connectivity index (χ0) is 9.84. The van der Waals surface area contributed by atoms with Crippen LogP contribution in [0, 0.1) is 17.8 Å². The maximum atomic E-state index is 10.4. The van der Waals surface area contributed by atoms with Gasteiger partial charge < -0.3 is 5.11 Å². The van der Waals surface area contributed by atoms with Crippen LogP contribution in [-0.2, 0) is 4.79 Å². The monoisotopic (exact) mass is 184 g/mol. The number of hydrogen-bond acceptors (Lipinski definition) is 1. The first kappa shape index (κ1) is 10.6. The Kier molecular flexibility index (Phi) is 3.76. The number of hydrogen-bond donors (Lipinski definition) is 1. The molecule has 0 aliphatic heterocycles. The van der Waals surface area contributed by atoms with E-state index < -0.39 is 5.97 Å². The van der Waals surface area contributed by atoms with Gasteiger partial charge in [0, 0.05) is 6.42 Å². The van der Waals surface area contributed by atoms with E-state index in [0.29, 0.717) is 12.3 Å². The fourth-order valence-corrected chi connectivity index (χ4v) is 2.31. The average Bonchev–Trinajstić information content (AvgIpc) is 2.48. The second-order valence-corrected chi connectivity index (χ2v) is 4.62. The van der Waals surface area contributed by atoms with Gasteiger partial charge in [0.1, 0.15) is 0 Å². The van der Waals surface area contributed by atoms with Gasteiger partial charge in [-0.2, -0.15) is 0 Å². The molecule has 2 heteroatoms. The van der Waals surface area contributed by atoms with E-state index in [-0.39, 0.29) is 0 Å². The van der Waals surface area contributed by atoms with Crippen molar-refractivity contribution in [1.29, 1.82) is 0 Å². The highest BCUT2D eigenvalue weighted by Crippen LogP contribution is 2.37. The Bertz CT molecular complexity index is 175. The summed E-state index contributed by atoms with van der Waals surface area (Å²) in [5, 5.41) is 8.55. The number of carboxylic acids is 1. The molecule has 13 heavy (non-hydrogen) atoms. The van der Waals surface area contributed by atoms with Crippen LogP contribution in [0.2, 0.25) is 0 Å². The molecule has 76 valence electrons. The predicted molar refractivity (Wildman–Crippen MR) is 52.5 cm³/mol. The molecular formula is C11H20O2. The highest BCUT2D eigenvalue weighted by molar-refractivity contribution is 5.66. The second-order valence-electron chi connectivity index (χ2n) is 4.62. The third-order valence-corrected chi connectivity index (χ3v) is 3.29. The lowest BCUT2D eigenvalue weighted by atomic mass is 9.92. The Labute approximate surface area is 80.3 Å². The Morgan fingerprint density at radius 3 is 2.62 bits per heavy atom. The minimum atomic E-state index is -0.645. The van der Waals surface area contributed by atoms with Crippen molar-refractivity contribution in [3.8, 4) is 0 Å². The van der Waals surface area contributed by atoms with Gasteiger partial charge in [-0.1, -0.05) is 20.3 Å². The van der Waals surface area contributed by atoms with Crippen molar-refractivity contribution in [3.63, 3.8) is 0 Å². The number of rotatable bonds is 4. The van der Waals surface area contributed by atoms with Crippen LogP contribution < -0.4 is 0 Å². The summed E-state index contributed by atoms with van der Waals surface area (Å²) in [6, 6.07) is 0. The van der Waals surface area contributed by atoms with E-state index >= 15 is 0 Å². The fourth-order valence-electron chi connectivity index (χ4n) is 2.31. The zero-order valence-electron chi connectivity index (χ0n) is 8.62. The number of carbonyl (C=O) groups is 1. The lowest BCUT2D eigenvalue weighted by molar-refractivity contribution is -0.137. The summed E-state index contributed by atoms with van der Waals surface area (Å²) in [6.07, 6.45) is 5.05. The molecule has 0 heterocycles. The molecule has 1 aliphatic rings. The Morgan fingerprint density at radius 1 is 1.46 bits per heavy atom. The molecule has 2 nitrogen and oxygen atoms in total. The van der Waals surface area contributed by atoms with Gasteiger partial charge in [0.2, 0.25) is 0 Å². The molecule has 2 atom stereocenters. The van der Waals surface area contributed by atoms with Crippen molar-refractivity contribution in [2.45, 2.75) is 46.0 Å². The molecule has 1 saturated carbocycles. The van der Waals surface area contributed by atoms with E-state index in [2.05, 4.69) is 13.8 Å². The smallest absolute Gasteiger partial charge is 0.303 e. The molecule has 1 fully saturated rings. The molecule has 0 aromatic carbocycles. The summed E-state index contributed by atoms with van der Waals surface area (Å²) in [4.78, 5) is 10.4. The van der Waals surface area contributed by atoms with Gasteiger partial charge >= 0.3 is 5.97 Å². The number of carboxylic acid groups (broad SMARTS) is 1. The van der Waals surface area contributed by atoms with Gasteiger partial charge in [-0.3, -0.25) is 4.79 Å². The Balaban J connectivity index is 2.21. The Morgan fingerprint density at radius 2 is 2.15 bits per heavy atom. The maximum absolute atomic E-state index is 10.4. The largest absolute Gasteiger partial charge is 0.481 e. The molecular weight excluding hydrogens is 164 g/mol. The highest BCUT2D eigenvalue weighted by atomic mass is 16.4. The second kappa shape index (κ2) is 4.64. The van der Waals surface area contributed by atoms with Crippen LogP contribution in [0.25, 0.3) is 0 Å². The lowest BCUT2D eigenvalue weighted by Gasteiger charge is -2.13. The van der Waals surface area contributed by atoms with E-state index in [1.807, 2.05) is 0 Å². The van der Waals surface area contributed by atoms with Gasteiger partial charge in [-0.05, 0) is 37.0 Å². The van der Waals surface area contributed by atoms with Gasteiger partial charge in [-0.25, -0.2) is 0 Å². The van der Waals surface area contributed by atoms with Crippen molar-refractivity contribution in [1.82, 2.24) is 0 Å². The van der Waals surface area contributed by atoms with Gasteiger partial charge in [0.25, 0.3) is 0 Å². The van der Waals surface area contributed by atoms with E-state index in [0.717, 1.165) is 18.3 Å². The van der Waals surface area contributed by atoms with Crippen molar-refractivity contribution < 1.29 is 9.90 Å². The minimum Gasteiger partial charge on any atom is -0.481 e. The van der Waals surface area contributed by atoms with Crippen LogP contribution in [0.15, 0.2) is 0 Å². The first-order valence-corrected chi connectivity index (χ1v) is 5.31. The average molecular weight is 184 g/mol. The van der Waals surface area contributed by atoms with Gasteiger partial charge in [0.05, 0.1) is 0 Å². The minimum absolute atomic E-state index is 0.357. The van der Waals surface area contributed by atoms with Crippen LogP contribution in [0.1, 0.15) is 46.0 Å². The molecule has 0 spiro atoms. The van der Waals surface area contributed by atoms with Crippen molar-refractivity contribution >= 4 is 5.97 Å². The van der Waals surface area contributed by atoms with Crippen molar-refractivity contribution in [2.24, 2.45) is 17.8 Å². The first-order chi connectivity index (χ1) is 6.09. The van der Waals surface area contributed by atoms with Crippen LogP contribution >= 0.6 is 0 Å². The van der Waals surface area contributed by atoms with Gasteiger partial charge in [-0.15, -0.1) is 0 Å². The third kappa shape index (κ3) is 3.37. The van der Waals surface area contributed by atoms with E-state index in [1.165, 1.54) is 19.3 Å². The molecule has 2 unspecified atom stereocenters. The molecule has 0 aromatic rings. The maximum Gasteiger partial charge on any atom is 0.303 e. The molecule has 1 N–H and O–H groups in total. The van der Waals surface area contributed by atoms with E-state index in [9.17, 15) is 4.79 Å². The molecule has 1 rings (SSSR count). The van der Waals surface area contributed by atoms with Crippen LogP contribution in [-0.4, -0.2) is 11.1 Å². The summed E-state index contributed by atoms with van der Waals surface area (Å²) in [5.74, 6) is 1.66. The SMILES string of the molecule is CC(C)C1CCC(CCC(=O)O)C1. The van der Waals surface area contributed by atoms with Crippen LogP contribution in [0.3, 0.4) is 0 Å². The molecule has 0 aromatic heterocycles. The summed E-state index contributed by atoms with van der Waals surface area (Å²) >= 11 is 0. The van der Waals surface area contributed by atoms with Crippen LogP contribution in [0.4, 0.5) is 0 Å². The molecule has 1 aliphatic carbocycles. The molecule has 0 saturated heterocycles. The summed E-state index contributed by atoms with van der Waals surface area (Å²) in [6.45, 7) is 4.54. The molecule has 0 amide bonds. The van der Waals surface area contributed by atoms with Crippen LogP contribution in [0.5, 0.6) is 0 Å². The highest BCUT2D eigenvalue weighted by Gasteiger charge is 2.26. The lowest BCUT2D eigenvalue weighted by Crippen LogP contribution is -2.05. The topological polar surface area (TPSA) is 37.3 Å². The van der Waals surface area contributed by atoms with Crippen molar-refractivity contribution in [2.75, 3.05) is 0 Å². The van der Waals surface area contributed by atoms with Gasteiger partial charge in [0.15, 0.2) is 0 Å². The third-order valence-electron chi connectivity index (χ3n) is 3.29.